The molecule has 6 atom stereocenters. The van der Waals surface area contributed by atoms with E-state index in [0.717, 1.165) is 21.6 Å². The molecule has 0 aliphatic rings. The minimum atomic E-state index is -1.47. The van der Waals surface area contributed by atoms with E-state index in [-0.39, 0.29) is 92.3 Å². The highest BCUT2D eigenvalue weighted by molar-refractivity contribution is 8.76. The predicted octanol–water partition coefficient (Wildman–Crippen LogP) is -1.24. The number of nitrogen functional groups attached to an aromatic ring is 1. The number of hydrogen-bond donors (Lipinski definition) is 13. The van der Waals surface area contributed by atoms with Crippen LogP contribution in [0.25, 0.3) is 11.2 Å². The molecule has 0 bridgehead atoms. The molecule has 366 valence electrons. The van der Waals surface area contributed by atoms with E-state index in [9.17, 15) is 63.9 Å². The van der Waals surface area contributed by atoms with Crippen LogP contribution in [0.5, 0.6) is 0 Å². The summed E-state index contributed by atoms with van der Waals surface area (Å²) in [6, 6.07) is 3.21. The van der Waals surface area contributed by atoms with Crippen molar-refractivity contribution in [1.29, 1.82) is 0 Å². The maximum absolute atomic E-state index is 13.2. The lowest BCUT2D eigenvalue weighted by Crippen LogP contribution is -2.45. The Hall–Kier alpha value is -6.39. The summed E-state index contributed by atoms with van der Waals surface area (Å²) < 4.78 is 5.15. The van der Waals surface area contributed by atoms with Crippen LogP contribution in [0.3, 0.4) is 0 Å². The number of nitrogens with one attached hydrogen (secondary N) is 5. The summed E-state index contributed by atoms with van der Waals surface area (Å²) in [7, 11) is 2.16. The Morgan fingerprint density at radius 1 is 0.881 bits per heavy atom. The molecule has 0 saturated heterocycles. The Morgan fingerprint density at radius 2 is 1.60 bits per heavy atom. The fourth-order valence-corrected chi connectivity index (χ4v) is 7.64. The lowest BCUT2D eigenvalue weighted by molar-refractivity contribution is -0.144. The van der Waals surface area contributed by atoms with Crippen molar-refractivity contribution in [1.82, 2.24) is 35.9 Å². The number of esters is 1. The zero-order valence-corrected chi connectivity index (χ0v) is 37.4. The molecule has 1 aromatic carbocycles. The number of benzene rings is 1. The molecule has 0 radical (unpaired) electrons. The van der Waals surface area contributed by atoms with Gasteiger partial charge in [-0.1, -0.05) is 33.7 Å². The van der Waals surface area contributed by atoms with Crippen molar-refractivity contribution >= 4 is 86.0 Å². The molecule has 3 amide bonds. The van der Waals surface area contributed by atoms with Crippen LogP contribution in [0.2, 0.25) is 0 Å². The van der Waals surface area contributed by atoms with Crippen molar-refractivity contribution < 1.29 is 74.0 Å². The molecule has 0 spiro atoms. The molecule has 3 aromatic rings. The van der Waals surface area contributed by atoms with Gasteiger partial charge in [-0.25, -0.2) is 19.6 Å². The van der Waals surface area contributed by atoms with Crippen molar-refractivity contribution in [2.24, 2.45) is 5.92 Å². The first-order valence-corrected chi connectivity index (χ1v) is 23.0. The molecule has 3 unspecified atom stereocenters. The van der Waals surface area contributed by atoms with E-state index in [2.05, 4.69) is 41.2 Å². The number of aromatic amines is 1. The number of nitrogens with zero attached hydrogens (tertiary/aromatic N) is 3. The Morgan fingerprint density at radius 3 is 2.27 bits per heavy atom. The van der Waals surface area contributed by atoms with Gasteiger partial charge >= 0.3 is 23.9 Å². The van der Waals surface area contributed by atoms with E-state index in [0.29, 0.717) is 11.4 Å². The Balaban J connectivity index is 1.40. The summed E-state index contributed by atoms with van der Waals surface area (Å²) in [5.74, 6) is -7.81. The second kappa shape index (κ2) is 28.6. The number of nitrogens with two attached hydrogens (primary N) is 1. The van der Waals surface area contributed by atoms with Crippen LogP contribution in [-0.2, 0) is 40.0 Å². The Kier molecular flexibility index (Phi) is 23.5. The monoisotopic (exact) mass is 979 g/mol. The smallest absolute Gasteiger partial charge is 0.327 e. The SMILES string of the molecule is Nc1nc2ncc(CNc3ccc(C(=O)NC(CCC(=O)OCCSSCC(NC(=O)C(/C=C\CCC(=O)O)CCC(=O)NC[C@H](O)[C@@H](O)C[C@H](O)CO)C(=O)O)C(=O)O)cc3)nc2c(=O)[nH]1. The Labute approximate surface area is 389 Å². The number of carbonyl (C=O) groups is 7. The van der Waals surface area contributed by atoms with Crippen molar-refractivity contribution in [3.63, 3.8) is 0 Å². The third-order valence-corrected chi connectivity index (χ3v) is 11.7. The molecule has 27 heteroatoms. The van der Waals surface area contributed by atoms with Crippen LogP contribution in [-0.4, -0.2) is 159 Å². The third kappa shape index (κ3) is 20.3. The summed E-state index contributed by atoms with van der Waals surface area (Å²) in [5.41, 5.74) is 6.20. The van der Waals surface area contributed by atoms with Gasteiger partial charge in [-0.15, -0.1) is 0 Å². The van der Waals surface area contributed by atoms with Gasteiger partial charge in [-0.3, -0.25) is 33.8 Å². The number of amides is 3. The standard InChI is InChI=1S/C40H53N9O16S2/c41-40-48-34-33(37(60)49-40)45-24(17-44-34)16-42-23-8-5-22(6-9-23)36(59)46-26(38(61)62)10-12-32(57)65-13-14-66-67-20-27(39(63)64)47-35(58)21(3-1-2-4-31(55)56)7-11-30(54)43-18-29(53)28(52)15-25(51)19-50/h1,3,5-6,8-9,17,21,25-29,42,50-53H,2,4,7,10-16,18-20H2,(H,43,54)(H,46,59)(H,47,58)(H,55,56)(H,61,62)(H,63,64)(H3,41,44,48,49,60)/b3-1-/t21?,25-,26?,27?,28-,29-/m0/s1. The number of carboxylic acids is 3. The second-order valence-electron chi connectivity index (χ2n) is 14.6. The summed E-state index contributed by atoms with van der Waals surface area (Å²) in [4.78, 5) is 112. The van der Waals surface area contributed by atoms with Gasteiger partial charge < -0.3 is 67.5 Å². The molecule has 3 rings (SSSR count). The second-order valence-corrected chi connectivity index (χ2v) is 17.2. The predicted molar refractivity (Wildman–Crippen MR) is 241 cm³/mol. The van der Waals surface area contributed by atoms with Crippen molar-refractivity contribution in [2.45, 2.75) is 81.9 Å². The van der Waals surface area contributed by atoms with Crippen LogP contribution in [0.15, 0.2) is 47.4 Å². The number of aromatic nitrogens is 4. The first-order valence-electron chi connectivity index (χ1n) is 20.5. The molecule has 0 aliphatic carbocycles. The first kappa shape index (κ1) is 54.9. The number of aliphatic hydroxyl groups excluding tert-OH is 4. The number of ether oxygens (including phenoxy) is 1. The molecule has 0 aliphatic heterocycles. The average molecular weight is 980 g/mol. The van der Waals surface area contributed by atoms with Crippen molar-refractivity contribution in [3.8, 4) is 0 Å². The summed E-state index contributed by atoms with van der Waals surface area (Å²) in [6.07, 6.45) is -1.60. The number of carboxylic acid groups (broad SMARTS) is 3. The highest BCUT2D eigenvalue weighted by Crippen LogP contribution is 2.23. The zero-order valence-electron chi connectivity index (χ0n) is 35.7. The van der Waals surface area contributed by atoms with E-state index < -0.39 is 96.6 Å². The van der Waals surface area contributed by atoms with Crippen LogP contribution in [0, 0.1) is 5.92 Å². The highest BCUT2D eigenvalue weighted by Gasteiger charge is 2.26. The lowest BCUT2D eigenvalue weighted by atomic mass is 10.00. The van der Waals surface area contributed by atoms with Gasteiger partial charge in [0.05, 0.1) is 49.3 Å². The molecule has 0 fully saturated rings. The zero-order chi connectivity index (χ0) is 49.5. The van der Waals surface area contributed by atoms with Crippen molar-refractivity contribution in [2.75, 3.05) is 42.3 Å². The number of hydrogen-bond acceptors (Lipinski definition) is 20. The van der Waals surface area contributed by atoms with Gasteiger partial charge in [0.25, 0.3) is 11.5 Å². The van der Waals surface area contributed by atoms with Gasteiger partial charge in [0.1, 0.15) is 18.7 Å². The molecular weight excluding hydrogens is 927 g/mol. The number of anilines is 2. The molecule has 14 N–H and O–H groups in total. The molecule has 2 heterocycles. The van der Waals surface area contributed by atoms with Gasteiger partial charge in [0.2, 0.25) is 17.8 Å². The average Bonchev–Trinajstić information content (AvgIpc) is 3.28. The largest absolute Gasteiger partial charge is 0.481 e. The maximum atomic E-state index is 13.2. The number of aliphatic carboxylic acids is 3. The first-order chi connectivity index (χ1) is 31.9. The third-order valence-electron chi connectivity index (χ3n) is 9.30. The molecule has 67 heavy (non-hydrogen) atoms. The number of aliphatic hydroxyl groups is 4. The number of rotatable bonds is 31. The van der Waals surface area contributed by atoms with Gasteiger partial charge in [0.15, 0.2) is 11.2 Å². The van der Waals surface area contributed by atoms with Crippen LogP contribution >= 0.6 is 21.6 Å². The normalized spacial score (nSPS) is 14.0. The molecular formula is C40H53N9O16S2. The Bertz CT molecular complexity index is 2250. The van der Waals surface area contributed by atoms with E-state index in [4.69, 9.17) is 20.7 Å². The fraction of sp³-hybridized carbons (Fsp3) is 0.475. The summed E-state index contributed by atoms with van der Waals surface area (Å²) in [5, 5.41) is 76.8. The van der Waals surface area contributed by atoms with Gasteiger partial charge in [-0.2, -0.15) is 4.98 Å². The minimum Gasteiger partial charge on any atom is -0.481 e. The van der Waals surface area contributed by atoms with E-state index in [1.165, 1.54) is 30.5 Å². The lowest BCUT2D eigenvalue weighted by Gasteiger charge is -2.20. The van der Waals surface area contributed by atoms with E-state index >= 15 is 0 Å². The van der Waals surface area contributed by atoms with Crippen LogP contribution in [0.1, 0.15) is 61.0 Å². The molecule has 25 nitrogen and oxygen atoms in total. The topological polar surface area (TPSA) is 416 Å². The van der Waals surface area contributed by atoms with Crippen molar-refractivity contribution in [3.05, 3.63) is 64.2 Å². The number of fused-ring (bicyclic) bond motifs is 1. The van der Waals surface area contributed by atoms with Crippen LogP contribution in [0.4, 0.5) is 11.6 Å². The van der Waals surface area contributed by atoms with Crippen LogP contribution < -0.4 is 32.6 Å². The molecule has 2 aromatic heterocycles. The summed E-state index contributed by atoms with van der Waals surface area (Å²) >= 11 is 0. The molecule has 0 saturated carbocycles. The van der Waals surface area contributed by atoms with E-state index in [1.807, 2.05) is 0 Å². The number of H-pyrrole nitrogens is 1. The van der Waals surface area contributed by atoms with Gasteiger partial charge in [0, 0.05) is 55.0 Å². The summed E-state index contributed by atoms with van der Waals surface area (Å²) in [6.45, 7) is -1.01. The number of allylic oxidation sites excluding steroid dienone is 1. The fourth-order valence-electron chi connectivity index (χ4n) is 5.66. The quantitative estimate of drug-likeness (QED) is 0.0155. The minimum absolute atomic E-state index is 0.0104. The number of carbonyl (C=O) groups excluding carboxylic acids is 4. The highest BCUT2D eigenvalue weighted by atomic mass is 33.1. The van der Waals surface area contributed by atoms with E-state index in [1.54, 1.807) is 12.1 Å². The van der Waals surface area contributed by atoms with Gasteiger partial charge in [-0.05, 0) is 43.5 Å². The maximum Gasteiger partial charge on any atom is 0.327 e.